The molecule has 32 heavy (non-hydrogen) atoms. The molecule has 0 atom stereocenters. The predicted molar refractivity (Wildman–Crippen MR) is 122 cm³/mol. The molecule has 2 N–H and O–H groups in total. The fraction of sp³-hybridized carbons (Fsp3) is 0.160. The molecule has 3 aromatic rings. The van der Waals surface area contributed by atoms with E-state index in [2.05, 4.69) is 10.6 Å². The maximum atomic E-state index is 12.5. The maximum absolute atomic E-state index is 12.5. The van der Waals surface area contributed by atoms with Gasteiger partial charge in [-0.3, -0.25) is 14.4 Å². The van der Waals surface area contributed by atoms with Gasteiger partial charge >= 0.3 is 5.97 Å². The number of carbonyl (C=O) groups is 3. The lowest BCUT2D eigenvalue weighted by atomic mass is 10.1. The van der Waals surface area contributed by atoms with Crippen LogP contribution in [0.25, 0.3) is 0 Å². The molecule has 0 fully saturated rings. The number of aryl methyl sites for hydroxylation is 1. The number of hydrogen-bond acceptors (Lipinski definition) is 5. The first kappa shape index (κ1) is 22.6. The molecule has 0 spiro atoms. The van der Waals surface area contributed by atoms with Gasteiger partial charge in [0.25, 0.3) is 5.91 Å². The predicted octanol–water partition coefficient (Wildman–Crippen LogP) is 4.44. The van der Waals surface area contributed by atoms with Gasteiger partial charge in [0, 0.05) is 30.3 Å². The van der Waals surface area contributed by atoms with E-state index in [4.69, 9.17) is 9.47 Å². The zero-order valence-electron chi connectivity index (χ0n) is 17.9. The van der Waals surface area contributed by atoms with E-state index in [0.717, 1.165) is 11.3 Å². The van der Waals surface area contributed by atoms with Crippen molar-refractivity contribution in [2.75, 3.05) is 17.7 Å². The molecule has 0 heterocycles. The second kappa shape index (κ2) is 10.8. The van der Waals surface area contributed by atoms with E-state index in [0.29, 0.717) is 35.5 Å². The molecule has 0 bridgehead atoms. The van der Waals surface area contributed by atoms with E-state index in [1.165, 1.54) is 13.0 Å². The van der Waals surface area contributed by atoms with E-state index in [1.807, 2.05) is 24.3 Å². The molecule has 164 valence electrons. The molecule has 2 amide bonds. The number of esters is 1. The Kier molecular flexibility index (Phi) is 7.59. The van der Waals surface area contributed by atoms with Gasteiger partial charge in [-0.25, -0.2) is 0 Å². The molecule has 7 heteroatoms. The van der Waals surface area contributed by atoms with Gasteiger partial charge in [-0.1, -0.05) is 24.3 Å². The van der Waals surface area contributed by atoms with E-state index >= 15 is 0 Å². The standard InChI is InChI=1S/C25H24N2O5/c1-17(28)32-23-11-4-7-19(15-23)25(30)27-21-9-5-8-20(16-21)26-24(29)13-12-18-6-3-10-22(14-18)31-2/h3-11,14-16H,12-13H2,1-2H3,(H,26,29)(H,27,30). The highest BCUT2D eigenvalue weighted by molar-refractivity contribution is 6.05. The van der Waals surface area contributed by atoms with Crippen LogP contribution in [0.4, 0.5) is 11.4 Å². The monoisotopic (exact) mass is 432 g/mol. The highest BCUT2D eigenvalue weighted by atomic mass is 16.5. The highest BCUT2D eigenvalue weighted by Gasteiger charge is 2.10. The summed E-state index contributed by atoms with van der Waals surface area (Å²) in [5.74, 6) is 0.0928. The highest BCUT2D eigenvalue weighted by Crippen LogP contribution is 2.19. The minimum atomic E-state index is -0.461. The van der Waals surface area contributed by atoms with E-state index in [9.17, 15) is 14.4 Å². The molecule has 0 saturated heterocycles. The zero-order chi connectivity index (χ0) is 22.9. The molecule has 0 aliphatic heterocycles. The maximum Gasteiger partial charge on any atom is 0.308 e. The average Bonchev–Trinajstić information content (AvgIpc) is 2.78. The number of hydrogen-bond donors (Lipinski definition) is 2. The number of rotatable bonds is 8. The second-order valence-corrected chi connectivity index (χ2v) is 7.06. The number of benzene rings is 3. The summed E-state index contributed by atoms with van der Waals surface area (Å²) in [5.41, 5.74) is 2.46. The van der Waals surface area contributed by atoms with Crippen LogP contribution < -0.4 is 20.1 Å². The molecule has 0 radical (unpaired) electrons. The van der Waals surface area contributed by atoms with Gasteiger partial charge in [0.05, 0.1) is 7.11 Å². The van der Waals surface area contributed by atoms with Crippen molar-refractivity contribution in [1.29, 1.82) is 0 Å². The number of methoxy groups -OCH3 is 1. The third-order valence-corrected chi connectivity index (χ3v) is 4.54. The van der Waals surface area contributed by atoms with Crippen LogP contribution in [0.2, 0.25) is 0 Å². The summed E-state index contributed by atoms with van der Waals surface area (Å²) in [6, 6.07) is 20.8. The average molecular weight is 432 g/mol. The lowest BCUT2D eigenvalue weighted by Crippen LogP contribution is -2.14. The molecule has 0 aliphatic carbocycles. The summed E-state index contributed by atoms with van der Waals surface area (Å²) in [4.78, 5) is 36.0. The summed E-state index contributed by atoms with van der Waals surface area (Å²) in [6.07, 6.45) is 0.894. The minimum absolute atomic E-state index is 0.134. The smallest absolute Gasteiger partial charge is 0.308 e. The lowest BCUT2D eigenvalue weighted by molar-refractivity contribution is -0.131. The van der Waals surface area contributed by atoms with Crippen LogP contribution in [0.15, 0.2) is 72.8 Å². The molecule has 3 aromatic carbocycles. The van der Waals surface area contributed by atoms with Crippen LogP contribution in [-0.4, -0.2) is 24.9 Å². The third-order valence-electron chi connectivity index (χ3n) is 4.54. The first-order chi connectivity index (χ1) is 15.4. The van der Waals surface area contributed by atoms with Crippen LogP contribution in [-0.2, 0) is 16.0 Å². The Balaban J connectivity index is 1.58. The molecule has 0 aliphatic rings. The van der Waals surface area contributed by atoms with Crippen LogP contribution in [0.5, 0.6) is 11.5 Å². The van der Waals surface area contributed by atoms with Crippen molar-refractivity contribution in [3.63, 3.8) is 0 Å². The Morgan fingerprint density at radius 1 is 0.812 bits per heavy atom. The molecule has 0 aromatic heterocycles. The first-order valence-corrected chi connectivity index (χ1v) is 10.1. The van der Waals surface area contributed by atoms with Crippen molar-refractivity contribution < 1.29 is 23.9 Å². The number of anilines is 2. The van der Waals surface area contributed by atoms with Crippen molar-refractivity contribution in [1.82, 2.24) is 0 Å². The summed E-state index contributed by atoms with van der Waals surface area (Å²) in [7, 11) is 1.61. The Labute approximate surface area is 186 Å². The molecule has 0 unspecified atom stereocenters. The van der Waals surface area contributed by atoms with Crippen molar-refractivity contribution >= 4 is 29.2 Å². The van der Waals surface area contributed by atoms with Gasteiger partial charge < -0.3 is 20.1 Å². The largest absolute Gasteiger partial charge is 0.497 e. The summed E-state index contributed by atoms with van der Waals surface area (Å²) < 4.78 is 10.2. The van der Waals surface area contributed by atoms with Gasteiger partial charge in [-0.2, -0.15) is 0 Å². The normalized spacial score (nSPS) is 10.2. The number of nitrogens with one attached hydrogen (secondary N) is 2. The van der Waals surface area contributed by atoms with Crippen LogP contribution >= 0.6 is 0 Å². The Morgan fingerprint density at radius 3 is 2.25 bits per heavy atom. The fourth-order valence-electron chi connectivity index (χ4n) is 3.05. The second-order valence-electron chi connectivity index (χ2n) is 7.06. The van der Waals surface area contributed by atoms with E-state index < -0.39 is 5.97 Å². The zero-order valence-corrected chi connectivity index (χ0v) is 17.9. The minimum Gasteiger partial charge on any atom is -0.497 e. The van der Waals surface area contributed by atoms with E-state index in [-0.39, 0.29) is 11.8 Å². The van der Waals surface area contributed by atoms with E-state index in [1.54, 1.807) is 49.6 Å². The Bertz CT molecular complexity index is 1130. The quantitative estimate of drug-likeness (QED) is 0.405. The number of ether oxygens (including phenoxy) is 2. The van der Waals surface area contributed by atoms with Crippen molar-refractivity contribution in [3.05, 3.63) is 83.9 Å². The number of carbonyl (C=O) groups excluding carboxylic acids is 3. The van der Waals surface area contributed by atoms with Crippen LogP contribution in [0.1, 0.15) is 29.3 Å². The third kappa shape index (κ3) is 6.70. The van der Waals surface area contributed by atoms with Crippen LogP contribution in [0, 0.1) is 0 Å². The van der Waals surface area contributed by atoms with Gasteiger partial charge in [-0.05, 0) is 60.5 Å². The van der Waals surface area contributed by atoms with Gasteiger partial charge in [0.15, 0.2) is 0 Å². The van der Waals surface area contributed by atoms with Crippen molar-refractivity contribution in [2.24, 2.45) is 0 Å². The first-order valence-electron chi connectivity index (χ1n) is 10.1. The van der Waals surface area contributed by atoms with Crippen LogP contribution in [0.3, 0.4) is 0 Å². The summed E-state index contributed by atoms with van der Waals surface area (Å²) in [6.45, 7) is 1.29. The summed E-state index contributed by atoms with van der Waals surface area (Å²) >= 11 is 0. The van der Waals surface area contributed by atoms with Gasteiger partial charge in [0.2, 0.25) is 5.91 Å². The molecule has 3 rings (SSSR count). The van der Waals surface area contributed by atoms with Crippen molar-refractivity contribution in [2.45, 2.75) is 19.8 Å². The molecule has 0 saturated carbocycles. The van der Waals surface area contributed by atoms with Gasteiger partial charge in [-0.15, -0.1) is 0 Å². The lowest BCUT2D eigenvalue weighted by Gasteiger charge is -2.10. The van der Waals surface area contributed by atoms with Crippen molar-refractivity contribution in [3.8, 4) is 11.5 Å². The topological polar surface area (TPSA) is 93.7 Å². The molecular formula is C25H24N2O5. The number of amides is 2. The fourth-order valence-corrected chi connectivity index (χ4v) is 3.05. The van der Waals surface area contributed by atoms with Gasteiger partial charge in [0.1, 0.15) is 11.5 Å². The Hall–Kier alpha value is -4.13. The SMILES string of the molecule is COc1cccc(CCC(=O)Nc2cccc(NC(=O)c3cccc(OC(C)=O)c3)c2)c1. The Morgan fingerprint density at radius 2 is 1.50 bits per heavy atom. The summed E-state index contributed by atoms with van der Waals surface area (Å²) in [5, 5.41) is 5.62. The molecular weight excluding hydrogens is 408 g/mol. The molecule has 7 nitrogen and oxygen atoms in total.